The monoisotopic (exact) mass is 1050 g/mol. The highest BCUT2D eigenvalue weighted by atomic mass is 16.5. The predicted molar refractivity (Wildman–Crippen MR) is 283 cm³/mol. The maximum atomic E-state index is 14.7. The number of methoxy groups -OCH3 is 3. The number of amides is 6. The van der Waals surface area contributed by atoms with Crippen molar-refractivity contribution in [2.45, 2.75) is 155 Å². The lowest BCUT2D eigenvalue weighted by atomic mass is 9.89. The highest BCUT2D eigenvalue weighted by molar-refractivity contribution is 5.92. The van der Waals surface area contributed by atoms with Gasteiger partial charge in [-0.1, -0.05) is 85.2 Å². The number of ether oxygens (including phenoxy) is 5. The van der Waals surface area contributed by atoms with Crippen molar-refractivity contribution in [3.05, 3.63) is 35.9 Å². The number of benzene rings is 1. The zero-order chi connectivity index (χ0) is 55.5. The topological polar surface area (TPSA) is 249 Å². The number of hydrogen-bond acceptors (Lipinski definition) is 14. The number of nitrogens with one attached hydrogen (secondary N) is 4. The number of likely N-dealkylation sites (N-methyl/N-ethyl adjacent to an activating group) is 2. The van der Waals surface area contributed by atoms with Crippen molar-refractivity contribution in [1.82, 2.24) is 36.0 Å². The summed E-state index contributed by atoms with van der Waals surface area (Å²) in [6.45, 7) is 18.3. The number of carbonyl (C=O) groups excluding carboxylic acids is 7. The van der Waals surface area contributed by atoms with Crippen LogP contribution in [0.15, 0.2) is 30.3 Å². The van der Waals surface area contributed by atoms with Crippen molar-refractivity contribution in [3.63, 3.8) is 0 Å². The van der Waals surface area contributed by atoms with Crippen molar-refractivity contribution in [3.8, 4) is 0 Å². The van der Waals surface area contributed by atoms with E-state index in [-0.39, 0.29) is 92.0 Å². The second-order valence-corrected chi connectivity index (χ2v) is 20.3. The van der Waals surface area contributed by atoms with Gasteiger partial charge >= 0.3 is 5.97 Å². The Kier molecular flexibility index (Phi) is 30.7. The SMILES string of the molecule is CC[C@H](C)[C@@H]([C@@H](CCN1CCC[C@H]1[C@H](OC)[C@@H](C)C(=O)NC(Cc1ccccc1)C(=O)OC)OC)N(C)C(=O)[C@@H](NC(=O)[C@H](C(C)C)N(C)C(=O)CCCNC(=O)C(C)NC(=O)CCOCCOCCN)C(C)C. The highest BCUT2D eigenvalue weighted by Gasteiger charge is 2.42. The van der Waals surface area contributed by atoms with E-state index in [4.69, 9.17) is 29.4 Å². The molecule has 6 N–H and O–H groups in total. The second-order valence-electron chi connectivity index (χ2n) is 20.3. The molecule has 422 valence electrons. The summed E-state index contributed by atoms with van der Waals surface area (Å²) in [6.07, 6.45) is 2.91. The first-order valence-corrected chi connectivity index (χ1v) is 26.7. The molecule has 1 aromatic carbocycles. The zero-order valence-electron chi connectivity index (χ0n) is 46.9. The van der Waals surface area contributed by atoms with Crippen molar-refractivity contribution in [2.24, 2.45) is 29.4 Å². The van der Waals surface area contributed by atoms with Crippen molar-refractivity contribution in [2.75, 3.05) is 88.0 Å². The molecule has 1 saturated heterocycles. The van der Waals surface area contributed by atoms with Crippen LogP contribution in [0, 0.1) is 23.7 Å². The molecule has 0 saturated carbocycles. The molecule has 74 heavy (non-hydrogen) atoms. The van der Waals surface area contributed by atoms with Crippen LogP contribution in [-0.4, -0.2) is 193 Å². The molecule has 1 heterocycles. The van der Waals surface area contributed by atoms with Crippen molar-refractivity contribution < 1.29 is 57.2 Å². The van der Waals surface area contributed by atoms with Gasteiger partial charge < -0.3 is 60.5 Å². The Hall–Kier alpha value is -4.73. The fraction of sp³-hybridized carbons (Fsp3) is 0.759. The summed E-state index contributed by atoms with van der Waals surface area (Å²) in [5.74, 6) is -3.75. The number of likely N-dealkylation sites (tertiary alicyclic amines) is 1. The summed E-state index contributed by atoms with van der Waals surface area (Å²) in [7, 11) is 7.89. The minimum atomic E-state index is -0.905. The van der Waals surface area contributed by atoms with E-state index in [0.717, 1.165) is 31.4 Å². The Morgan fingerprint density at radius 3 is 2.03 bits per heavy atom. The fourth-order valence-electron chi connectivity index (χ4n) is 9.72. The molecule has 0 aromatic heterocycles. The lowest BCUT2D eigenvalue weighted by Crippen LogP contribution is -2.60. The van der Waals surface area contributed by atoms with Gasteiger partial charge in [-0.3, -0.25) is 33.7 Å². The minimum Gasteiger partial charge on any atom is -0.467 e. The molecule has 1 aromatic rings. The molecule has 1 aliphatic rings. The van der Waals surface area contributed by atoms with Gasteiger partial charge in [0.1, 0.15) is 24.2 Å². The zero-order valence-corrected chi connectivity index (χ0v) is 46.9. The number of carbonyl (C=O) groups is 7. The van der Waals surface area contributed by atoms with Crippen molar-refractivity contribution in [1.29, 1.82) is 0 Å². The first kappa shape index (κ1) is 65.4. The van der Waals surface area contributed by atoms with E-state index >= 15 is 0 Å². The van der Waals surface area contributed by atoms with Gasteiger partial charge in [0, 0.05) is 73.3 Å². The number of hydrogen-bond donors (Lipinski definition) is 5. The summed E-state index contributed by atoms with van der Waals surface area (Å²) in [4.78, 5) is 99.4. The van der Waals surface area contributed by atoms with Crippen LogP contribution in [0.2, 0.25) is 0 Å². The van der Waals surface area contributed by atoms with Gasteiger partial charge in [0.15, 0.2) is 0 Å². The summed E-state index contributed by atoms with van der Waals surface area (Å²) in [5.41, 5.74) is 6.27. The van der Waals surface area contributed by atoms with Crippen LogP contribution in [-0.2, 0) is 63.7 Å². The van der Waals surface area contributed by atoms with Gasteiger partial charge in [-0.2, -0.15) is 0 Å². The molecular formula is C54H94N8O12. The van der Waals surface area contributed by atoms with Gasteiger partial charge in [-0.15, -0.1) is 0 Å². The molecule has 0 radical (unpaired) electrons. The van der Waals surface area contributed by atoms with Gasteiger partial charge in [0.05, 0.1) is 57.7 Å². The van der Waals surface area contributed by atoms with E-state index in [9.17, 15) is 33.6 Å². The first-order chi connectivity index (χ1) is 35.2. The molecule has 20 heteroatoms. The Morgan fingerprint density at radius 1 is 0.784 bits per heavy atom. The van der Waals surface area contributed by atoms with E-state index < -0.39 is 54.0 Å². The number of esters is 1. The first-order valence-electron chi connectivity index (χ1n) is 26.7. The van der Waals surface area contributed by atoms with Crippen LogP contribution in [0.25, 0.3) is 0 Å². The Bertz CT molecular complexity index is 1860. The number of nitrogens with zero attached hydrogens (tertiary/aromatic N) is 3. The van der Waals surface area contributed by atoms with E-state index in [0.29, 0.717) is 45.8 Å². The molecule has 2 unspecified atom stereocenters. The van der Waals surface area contributed by atoms with Crippen LogP contribution in [0.4, 0.5) is 0 Å². The van der Waals surface area contributed by atoms with E-state index in [1.165, 1.54) is 12.0 Å². The normalized spacial score (nSPS) is 17.5. The molecule has 0 bridgehead atoms. The smallest absolute Gasteiger partial charge is 0.328 e. The van der Waals surface area contributed by atoms with Gasteiger partial charge in [0.25, 0.3) is 0 Å². The molecule has 1 fully saturated rings. The Morgan fingerprint density at radius 2 is 1.45 bits per heavy atom. The summed E-state index contributed by atoms with van der Waals surface area (Å²) >= 11 is 0. The molecule has 6 amide bonds. The molecule has 0 aliphatic carbocycles. The summed E-state index contributed by atoms with van der Waals surface area (Å²) < 4.78 is 27.9. The molecule has 2 rings (SSSR count). The van der Waals surface area contributed by atoms with Crippen LogP contribution in [0.1, 0.15) is 106 Å². The highest BCUT2D eigenvalue weighted by Crippen LogP contribution is 2.29. The van der Waals surface area contributed by atoms with Crippen molar-refractivity contribution >= 4 is 41.4 Å². The maximum absolute atomic E-state index is 14.7. The van der Waals surface area contributed by atoms with Crippen LogP contribution in [0.5, 0.6) is 0 Å². The van der Waals surface area contributed by atoms with Crippen LogP contribution in [0.3, 0.4) is 0 Å². The van der Waals surface area contributed by atoms with Crippen LogP contribution < -0.4 is 27.0 Å². The fourth-order valence-corrected chi connectivity index (χ4v) is 9.72. The van der Waals surface area contributed by atoms with E-state index in [1.807, 2.05) is 65.0 Å². The maximum Gasteiger partial charge on any atom is 0.328 e. The quantitative estimate of drug-likeness (QED) is 0.0479. The Labute approximate surface area is 441 Å². The average molecular weight is 1050 g/mol. The lowest BCUT2D eigenvalue weighted by Gasteiger charge is -2.41. The molecular weight excluding hydrogens is 953 g/mol. The largest absolute Gasteiger partial charge is 0.467 e. The number of rotatable bonds is 36. The van der Waals surface area contributed by atoms with Crippen LogP contribution >= 0.6 is 0 Å². The standard InChI is InChI=1S/C54H94N8O12/c1-14-37(6)48(43(70-11)24-29-62-28-19-22-42(62)49(71-12)38(7)50(65)58-41(54(69)72-13)34-40-20-16-15-17-21-40)61(10)53(68)46(35(2)3)59-52(67)47(36(4)5)60(9)45(64)23-18-27-56-51(66)39(8)57-44(63)25-30-73-32-33-74-31-26-55/h15-17,20-21,35-39,41-43,46-49H,14,18-19,22-34,55H2,1-13H3,(H,56,66)(H,57,63)(H,58,65)(H,59,67)/t37-,38+,39?,41?,42-,43+,46-,47-,48-,49+/m0/s1. The lowest BCUT2D eigenvalue weighted by molar-refractivity contribution is -0.146. The molecule has 20 nitrogen and oxygen atoms in total. The minimum absolute atomic E-state index is 0.0166. The third kappa shape index (κ3) is 21.1. The average Bonchev–Trinajstić information content (AvgIpc) is 3.84. The third-order valence-corrected chi connectivity index (χ3v) is 14.1. The van der Waals surface area contributed by atoms with Gasteiger partial charge in [-0.25, -0.2) is 4.79 Å². The summed E-state index contributed by atoms with van der Waals surface area (Å²) in [6, 6.07) is 5.56. The third-order valence-electron chi connectivity index (χ3n) is 14.1. The van der Waals surface area contributed by atoms with Gasteiger partial charge in [0.2, 0.25) is 35.4 Å². The predicted octanol–water partition coefficient (Wildman–Crippen LogP) is 2.69. The van der Waals surface area contributed by atoms with E-state index in [2.05, 4.69) is 40.0 Å². The molecule has 1 aliphatic heterocycles. The molecule has 0 spiro atoms. The molecule has 10 atom stereocenters. The van der Waals surface area contributed by atoms with Gasteiger partial charge in [-0.05, 0) is 62.5 Å². The number of nitrogens with two attached hydrogens (primary N) is 1. The Balaban J connectivity index is 2.08. The summed E-state index contributed by atoms with van der Waals surface area (Å²) in [5, 5.41) is 11.3. The second kappa shape index (κ2) is 34.8. The van der Waals surface area contributed by atoms with E-state index in [1.54, 1.807) is 40.1 Å².